The van der Waals surface area contributed by atoms with Crippen molar-refractivity contribution in [2.75, 3.05) is 11.5 Å². The molecule has 2 nitrogen and oxygen atoms in total. The Morgan fingerprint density at radius 3 is 2.25 bits per heavy atom. The van der Waals surface area contributed by atoms with E-state index < -0.39 is 16.4 Å². The maximum absolute atomic E-state index is 10.7. The first-order valence-electron chi connectivity index (χ1n) is 3.92. The standard InChI is InChI=1S/C9H14O2S/c1-8(2,3)4-5-9(10)6-12(11)7-9/h10H,6-7H2,1-3H3. The smallest absolute Gasteiger partial charge is 0.148 e. The van der Waals surface area contributed by atoms with Crippen molar-refractivity contribution < 1.29 is 9.32 Å². The lowest BCUT2D eigenvalue weighted by molar-refractivity contribution is 0.137. The highest BCUT2D eigenvalue weighted by Crippen LogP contribution is 2.20. The van der Waals surface area contributed by atoms with Gasteiger partial charge in [0.05, 0.1) is 11.5 Å². The second-order valence-corrected chi connectivity index (χ2v) is 5.72. The minimum Gasteiger partial charge on any atom is -0.376 e. The molecule has 0 saturated carbocycles. The molecular formula is C9H14O2S. The van der Waals surface area contributed by atoms with E-state index in [4.69, 9.17) is 0 Å². The molecule has 12 heavy (non-hydrogen) atoms. The Kier molecular flexibility index (Phi) is 2.33. The first-order valence-corrected chi connectivity index (χ1v) is 5.41. The van der Waals surface area contributed by atoms with Crippen LogP contribution in [-0.4, -0.2) is 26.4 Å². The molecule has 0 unspecified atom stereocenters. The van der Waals surface area contributed by atoms with Crippen molar-refractivity contribution in [2.24, 2.45) is 5.41 Å². The maximum Gasteiger partial charge on any atom is 0.148 e. The lowest BCUT2D eigenvalue weighted by Crippen LogP contribution is -2.50. The molecule has 68 valence electrons. The van der Waals surface area contributed by atoms with Crippen molar-refractivity contribution in [3.05, 3.63) is 0 Å². The topological polar surface area (TPSA) is 37.3 Å². The zero-order valence-corrected chi connectivity index (χ0v) is 8.49. The van der Waals surface area contributed by atoms with Gasteiger partial charge in [-0.2, -0.15) is 0 Å². The van der Waals surface area contributed by atoms with E-state index in [9.17, 15) is 9.32 Å². The molecule has 3 heteroatoms. The van der Waals surface area contributed by atoms with E-state index in [1.165, 1.54) is 0 Å². The van der Waals surface area contributed by atoms with Crippen LogP contribution in [0, 0.1) is 17.3 Å². The van der Waals surface area contributed by atoms with Gasteiger partial charge in [0.15, 0.2) is 0 Å². The van der Waals surface area contributed by atoms with Gasteiger partial charge in [-0.1, -0.05) is 11.8 Å². The number of aliphatic hydroxyl groups is 1. The van der Waals surface area contributed by atoms with Crippen molar-refractivity contribution >= 4 is 10.8 Å². The van der Waals surface area contributed by atoms with Crippen molar-refractivity contribution in [1.82, 2.24) is 0 Å². The van der Waals surface area contributed by atoms with E-state index >= 15 is 0 Å². The molecular weight excluding hydrogens is 172 g/mol. The molecule has 0 aromatic rings. The van der Waals surface area contributed by atoms with Gasteiger partial charge in [0.2, 0.25) is 0 Å². The van der Waals surface area contributed by atoms with Crippen LogP contribution in [0.4, 0.5) is 0 Å². The largest absolute Gasteiger partial charge is 0.376 e. The van der Waals surface area contributed by atoms with E-state index in [0.29, 0.717) is 11.5 Å². The molecule has 0 radical (unpaired) electrons. The number of hydrogen-bond acceptors (Lipinski definition) is 2. The van der Waals surface area contributed by atoms with Gasteiger partial charge in [-0.05, 0) is 20.8 Å². The fourth-order valence-corrected chi connectivity index (χ4v) is 1.99. The Labute approximate surface area is 75.8 Å². The third kappa shape index (κ3) is 2.62. The quantitative estimate of drug-likeness (QED) is 0.560. The van der Waals surface area contributed by atoms with Crippen LogP contribution in [0.5, 0.6) is 0 Å². The highest BCUT2D eigenvalue weighted by Gasteiger charge is 2.39. The number of rotatable bonds is 0. The third-order valence-electron chi connectivity index (χ3n) is 1.47. The van der Waals surface area contributed by atoms with Gasteiger partial charge < -0.3 is 5.11 Å². The predicted octanol–water partition coefficient (Wildman–Crippen LogP) is 0.529. The lowest BCUT2D eigenvalue weighted by atomic mass is 9.96. The highest BCUT2D eigenvalue weighted by molar-refractivity contribution is 7.86. The van der Waals surface area contributed by atoms with Crippen LogP contribution < -0.4 is 0 Å². The summed E-state index contributed by atoms with van der Waals surface area (Å²) in [6.07, 6.45) is 0. The monoisotopic (exact) mass is 186 g/mol. The average molecular weight is 186 g/mol. The molecule has 0 aliphatic carbocycles. The fraction of sp³-hybridized carbons (Fsp3) is 0.778. The van der Waals surface area contributed by atoms with E-state index in [-0.39, 0.29) is 5.41 Å². The molecule has 1 N–H and O–H groups in total. The second kappa shape index (κ2) is 2.86. The van der Waals surface area contributed by atoms with Crippen molar-refractivity contribution in [2.45, 2.75) is 26.4 Å². The molecule has 1 aliphatic rings. The zero-order valence-electron chi connectivity index (χ0n) is 7.68. The summed E-state index contributed by atoms with van der Waals surface area (Å²) in [6, 6.07) is 0. The predicted molar refractivity (Wildman–Crippen MR) is 50.1 cm³/mol. The van der Waals surface area contributed by atoms with Gasteiger partial charge >= 0.3 is 0 Å². The van der Waals surface area contributed by atoms with Crippen LogP contribution in [0.25, 0.3) is 0 Å². The van der Waals surface area contributed by atoms with Gasteiger partial charge in [0.1, 0.15) is 5.60 Å². The molecule has 0 aromatic heterocycles. The second-order valence-electron chi connectivity index (χ2n) is 4.26. The average Bonchev–Trinajstić information content (AvgIpc) is 1.79. The van der Waals surface area contributed by atoms with Crippen molar-refractivity contribution in [1.29, 1.82) is 0 Å². The SMILES string of the molecule is CC(C)(C)C#CC1(O)CS(=O)C1. The van der Waals surface area contributed by atoms with E-state index in [0.717, 1.165) is 0 Å². The van der Waals surface area contributed by atoms with Crippen LogP contribution in [0.1, 0.15) is 20.8 Å². The van der Waals surface area contributed by atoms with Crippen LogP contribution in [0.2, 0.25) is 0 Å². The van der Waals surface area contributed by atoms with Crippen LogP contribution in [0.15, 0.2) is 0 Å². The molecule has 0 aromatic carbocycles. The normalized spacial score (nSPS) is 34.8. The Morgan fingerprint density at radius 2 is 1.92 bits per heavy atom. The summed E-state index contributed by atoms with van der Waals surface area (Å²) < 4.78 is 10.7. The molecule has 1 saturated heterocycles. The Bertz CT molecular complexity index is 256. The molecule has 1 heterocycles. The van der Waals surface area contributed by atoms with Crippen molar-refractivity contribution in [3.63, 3.8) is 0 Å². The van der Waals surface area contributed by atoms with E-state index in [1.807, 2.05) is 20.8 Å². The van der Waals surface area contributed by atoms with Gasteiger partial charge in [0.25, 0.3) is 0 Å². The molecule has 0 atom stereocenters. The van der Waals surface area contributed by atoms with Crippen LogP contribution in [-0.2, 0) is 10.8 Å². The van der Waals surface area contributed by atoms with Crippen LogP contribution >= 0.6 is 0 Å². The maximum atomic E-state index is 10.7. The highest BCUT2D eigenvalue weighted by atomic mass is 32.2. The molecule has 1 aliphatic heterocycles. The third-order valence-corrected chi connectivity index (χ3v) is 3.07. The number of hydrogen-bond donors (Lipinski definition) is 1. The summed E-state index contributed by atoms with van der Waals surface area (Å²) in [6.45, 7) is 5.96. The lowest BCUT2D eigenvalue weighted by Gasteiger charge is -2.30. The summed E-state index contributed by atoms with van der Waals surface area (Å²) in [7, 11) is -0.842. The van der Waals surface area contributed by atoms with Crippen molar-refractivity contribution in [3.8, 4) is 11.8 Å². The van der Waals surface area contributed by atoms with Crippen LogP contribution in [0.3, 0.4) is 0 Å². The molecule has 1 fully saturated rings. The summed E-state index contributed by atoms with van der Waals surface area (Å²) in [5.41, 5.74) is -1.05. The van der Waals surface area contributed by atoms with Gasteiger partial charge in [-0.3, -0.25) is 4.21 Å². The zero-order chi connectivity index (χ0) is 9.41. The first-order chi connectivity index (χ1) is 5.31. The minimum absolute atomic E-state index is 0.0905. The van der Waals surface area contributed by atoms with Gasteiger partial charge in [0, 0.05) is 16.2 Å². The minimum atomic E-state index is -0.960. The molecule has 0 amide bonds. The van der Waals surface area contributed by atoms with E-state index in [2.05, 4.69) is 11.8 Å². The first kappa shape index (κ1) is 9.76. The Hall–Kier alpha value is -0.330. The molecule has 0 spiro atoms. The fourth-order valence-electron chi connectivity index (χ4n) is 0.866. The molecule has 1 rings (SSSR count). The summed E-state index contributed by atoms with van der Waals surface area (Å²) >= 11 is 0. The summed E-state index contributed by atoms with van der Waals surface area (Å²) in [4.78, 5) is 0. The van der Waals surface area contributed by atoms with Gasteiger partial charge in [-0.15, -0.1) is 0 Å². The Balaban J connectivity index is 2.61. The summed E-state index contributed by atoms with van der Waals surface area (Å²) in [5, 5.41) is 9.58. The Morgan fingerprint density at radius 1 is 1.42 bits per heavy atom. The van der Waals surface area contributed by atoms with Gasteiger partial charge in [-0.25, -0.2) is 0 Å². The summed E-state index contributed by atoms with van der Waals surface area (Å²) in [5.74, 6) is 6.36. The van der Waals surface area contributed by atoms with E-state index in [1.54, 1.807) is 0 Å². The molecule has 0 bridgehead atoms.